The van der Waals surface area contributed by atoms with Crippen LogP contribution >= 0.6 is 28.3 Å². The molecule has 5 nitrogen and oxygen atoms in total. The Morgan fingerprint density at radius 2 is 1.95 bits per heavy atom. The summed E-state index contributed by atoms with van der Waals surface area (Å²) >= 11 is 3.40. The molecule has 3 N–H and O–H groups in total. The summed E-state index contributed by atoms with van der Waals surface area (Å²) in [5.41, 5.74) is 0.829. The maximum absolute atomic E-state index is 12.5. The van der Waals surface area contributed by atoms with Crippen LogP contribution in [0.4, 0.5) is 0 Å². The zero-order chi connectivity index (χ0) is 14.8. The van der Waals surface area contributed by atoms with Crippen LogP contribution < -0.4 is 16.2 Å². The van der Waals surface area contributed by atoms with Gasteiger partial charge < -0.3 is 15.6 Å². The average molecular weight is 387 g/mol. The summed E-state index contributed by atoms with van der Waals surface area (Å²) in [5, 5.41) is 7.03. The smallest absolute Gasteiger partial charge is 0.252 e. The molecule has 1 fully saturated rings. The van der Waals surface area contributed by atoms with Gasteiger partial charge >= 0.3 is 0 Å². The molecule has 1 aromatic heterocycles. The summed E-state index contributed by atoms with van der Waals surface area (Å²) in [4.78, 5) is 27.0. The molecule has 0 radical (unpaired) electrons. The van der Waals surface area contributed by atoms with Gasteiger partial charge in [-0.15, -0.1) is 12.4 Å². The maximum Gasteiger partial charge on any atom is 0.252 e. The van der Waals surface area contributed by atoms with Crippen LogP contribution in [0.2, 0.25) is 0 Å². The Morgan fingerprint density at radius 3 is 2.68 bits per heavy atom. The van der Waals surface area contributed by atoms with Crippen LogP contribution in [0.5, 0.6) is 0 Å². The molecule has 1 amide bonds. The fourth-order valence-electron chi connectivity index (χ4n) is 2.64. The van der Waals surface area contributed by atoms with Gasteiger partial charge in [-0.25, -0.2) is 0 Å². The number of piperidine rings is 1. The first-order valence-corrected chi connectivity index (χ1v) is 7.77. The van der Waals surface area contributed by atoms with Crippen molar-refractivity contribution in [2.45, 2.75) is 18.9 Å². The second kappa shape index (κ2) is 7.26. The number of aromatic nitrogens is 1. The molecule has 7 heteroatoms. The zero-order valence-electron chi connectivity index (χ0n) is 11.8. The number of H-pyrrole nitrogens is 1. The lowest BCUT2D eigenvalue weighted by molar-refractivity contribution is 0.0931. The van der Waals surface area contributed by atoms with E-state index < -0.39 is 0 Å². The predicted molar refractivity (Wildman–Crippen MR) is 92.9 cm³/mol. The molecule has 0 aliphatic carbocycles. The number of nitrogens with one attached hydrogen (secondary N) is 3. The van der Waals surface area contributed by atoms with Gasteiger partial charge in [-0.05, 0) is 44.1 Å². The van der Waals surface area contributed by atoms with Crippen LogP contribution in [0.25, 0.3) is 10.9 Å². The van der Waals surface area contributed by atoms with E-state index in [4.69, 9.17) is 0 Å². The van der Waals surface area contributed by atoms with E-state index in [2.05, 4.69) is 31.5 Å². The fourth-order valence-corrected chi connectivity index (χ4v) is 3.00. The van der Waals surface area contributed by atoms with Crippen LogP contribution in [-0.4, -0.2) is 30.0 Å². The van der Waals surface area contributed by atoms with Gasteiger partial charge in [0.05, 0.1) is 5.56 Å². The van der Waals surface area contributed by atoms with Gasteiger partial charge in [-0.2, -0.15) is 0 Å². The van der Waals surface area contributed by atoms with Crippen molar-refractivity contribution >= 4 is 45.1 Å². The number of carbonyl (C=O) groups is 1. The van der Waals surface area contributed by atoms with Crippen molar-refractivity contribution in [3.05, 3.63) is 44.7 Å². The van der Waals surface area contributed by atoms with E-state index in [0.29, 0.717) is 11.1 Å². The molecule has 3 rings (SSSR count). The average Bonchev–Trinajstić information content (AvgIpc) is 2.48. The molecule has 118 valence electrons. The lowest BCUT2D eigenvalue weighted by Gasteiger charge is -2.23. The quantitative estimate of drug-likeness (QED) is 0.741. The van der Waals surface area contributed by atoms with E-state index >= 15 is 0 Å². The Kier molecular flexibility index (Phi) is 5.61. The van der Waals surface area contributed by atoms with Crippen molar-refractivity contribution in [3.63, 3.8) is 0 Å². The third-order valence-corrected chi connectivity index (χ3v) is 4.22. The third-order valence-electron chi connectivity index (χ3n) is 3.72. The lowest BCUT2D eigenvalue weighted by atomic mass is 10.0. The number of rotatable bonds is 2. The largest absolute Gasteiger partial charge is 0.349 e. The number of aromatic amines is 1. The van der Waals surface area contributed by atoms with Crippen molar-refractivity contribution in [1.29, 1.82) is 0 Å². The van der Waals surface area contributed by atoms with Crippen LogP contribution in [0, 0.1) is 0 Å². The second-order valence-electron chi connectivity index (χ2n) is 5.23. The van der Waals surface area contributed by atoms with Crippen molar-refractivity contribution in [3.8, 4) is 0 Å². The number of benzene rings is 1. The van der Waals surface area contributed by atoms with Gasteiger partial charge in [0.2, 0.25) is 5.56 Å². The summed E-state index contributed by atoms with van der Waals surface area (Å²) in [6.07, 6.45) is 1.83. The highest BCUT2D eigenvalue weighted by atomic mass is 79.9. The molecular weight excluding hydrogens is 370 g/mol. The van der Waals surface area contributed by atoms with Crippen LogP contribution in [0.15, 0.2) is 33.5 Å². The van der Waals surface area contributed by atoms with Crippen LogP contribution in [-0.2, 0) is 0 Å². The second-order valence-corrected chi connectivity index (χ2v) is 6.15. The Bertz CT molecular complexity index is 741. The van der Waals surface area contributed by atoms with E-state index in [1.54, 1.807) is 6.07 Å². The standard InChI is InChI=1S/C15H16BrN3O2.ClH/c16-9-1-2-13-11(7-9)12(8-14(20)19-13)15(21)18-10-3-5-17-6-4-10;/h1-2,7-8,10,17H,3-6H2,(H,18,21)(H,19,20);1H. The van der Waals surface area contributed by atoms with Gasteiger partial charge in [0.15, 0.2) is 0 Å². The summed E-state index contributed by atoms with van der Waals surface area (Å²) < 4.78 is 0.873. The number of amides is 1. The van der Waals surface area contributed by atoms with Gasteiger partial charge in [-0.1, -0.05) is 15.9 Å². The zero-order valence-corrected chi connectivity index (χ0v) is 14.2. The number of pyridine rings is 1. The topological polar surface area (TPSA) is 74.0 Å². The van der Waals surface area contributed by atoms with Gasteiger partial charge in [0.1, 0.15) is 0 Å². The minimum Gasteiger partial charge on any atom is -0.349 e. The Morgan fingerprint density at radius 1 is 1.23 bits per heavy atom. The Balaban J connectivity index is 0.00000176. The molecule has 1 aliphatic rings. The highest BCUT2D eigenvalue weighted by Crippen LogP contribution is 2.20. The normalized spacial score (nSPS) is 15.3. The summed E-state index contributed by atoms with van der Waals surface area (Å²) in [5.74, 6) is -0.184. The number of fused-ring (bicyclic) bond motifs is 1. The minimum absolute atomic E-state index is 0. The van der Waals surface area contributed by atoms with E-state index in [1.165, 1.54) is 6.07 Å². The monoisotopic (exact) mass is 385 g/mol. The number of hydrogen-bond acceptors (Lipinski definition) is 3. The van der Waals surface area contributed by atoms with Crippen molar-refractivity contribution < 1.29 is 4.79 Å². The molecule has 0 spiro atoms. The van der Waals surface area contributed by atoms with Crippen LogP contribution in [0.3, 0.4) is 0 Å². The summed E-state index contributed by atoms with van der Waals surface area (Å²) in [6, 6.07) is 7.02. The lowest BCUT2D eigenvalue weighted by Crippen LogP contribution is -2.42. The summed E-state index contributed by atoms with van der Waals surface area (Å²) in [7, 11) is 0. The minimum atomic E-state index is -0.264. The van der Waals surface area contributed by atoms with E-state index in [9.17, 15) is 9.59 Å². The molecule has 0 saturated carbocycles. The highest BCUT2D eigenvalue weighted by Gasteiger charge is 2.18. The van der Waals surface area contributed by atoms with E-state index in [0.717, 1.165) is 35.8 Å². The molecule has 0 bridgehead atoms. The first-order valence-electron chi connectivity index (χ1n) is 6.97. The molecule has 0 atom stereocenters. The predicted octanol–water partition coefficient (Wildman–Crippen LogP) is 2.19. The Hall–Kier alpha value is -1.37. The van der Waals surface area contributed by atoms with Gasteiger partial charge in [0.25, 0.3) is 5.91 Å². The van der Waals surface area contributed by atoms with Gasteiger partial charge in [0, 0.05) is 27.5 Å². The van der Waals surface area contributed by atoms with Crippen molar-refractivity contribution in [2.24, 2.45) is 0 Å². The molecule has 1 aromatic carbocycles. The first kappa shape index (κ1) is 17.0. The summed E-state index contributed by atoms with van der Waals surface area (Å²) in [6.45, 7) is 1.82. The number of halogens is 2. The van der Waals surface area contributed by atoms with Crippen molar-refractivity contribution in [2.75, 3.05) is 13.1 Å². The molecular formula is C15H17BrClN3O2. The third kappa shape index (κ3) is 3.69. The molecule has 1 saturated heterocycles. The molecule has 22 heavy (non-hydrogen) atoms. The first-order chi connectivity index (χ1) is 10.1. The number of hydrogen-bond donors (Lipinski definition) is 3. The highest BCUT2D eigenvalue weighted by molar-refractivity contribution is 9.10. The Labute approximate surface area is 142 Å². The fraction of sp³-hybridized carbons (Fsp3) is 0.333. The van der Waals surface area contributed by atoms with Crippen LogP contribution in [0.1, 0.15) is 23.2 Å². The SMILES string of the molecule is Cl.O=C(NC1CCNCC1)c1cc(=O)[nH]c2ccc(Br)cc12. The molecule has 0 unspecified atom stereocenters. The van der Waals surface area contributed by atoms with Gasteiger partial charge in [-0.3, -0.25) is 9.59 Å². The number of carbonyl (C=O) groups excluding carboxylic acids is 1. The molecule has 2 aromatic rings. The van der Waals surface area contributed by atoms with Crippen molar-refractivity contribution in [1.82, 2.24) is 15.6 Å². The molecule has 2 heterocycles. The maximum atomic E-state index is 12.5. The van der Waals surface area contributed by atoms with E-state index in [-0.39, 0.29) is 29.9 Å². The molecule has 1 aliphatic heterocycles. The van der Waals surface area contributed by atoms with E-state index in [1.807, 2.05) is 12.1 Å².